The van der Waals surface area contributed by atoms with Crippen molar-refractivity contribution in [2.75, 3.05) is 19.7 Å². The van der Waals surface area contributed by atoms with Crippen LogP contribution < -0.4 is 0 Å². The fourth-order valence-electron chi connectivity index (χ4n) is 1.92. The number of carbonyl (C=O) groups excluding carboxylic acids is 3. The first-order valence-corrected chi connectivity index (χ1v) is 6.07. The summed E-state index contributed by atoms with van der Waals surface area (Å²) in [7, 11) is 0. The summed E-state index contributed by atoms with van der Waals surface area (Å²) >= 11 is 0. The lowest BCUT2D eigenvalue weighted by Gasteiger charge is -2.30. The Hall–Kier alpha value is -1.39. The van der Waals surface area contributed by atoms with E-state index in [9.17, 15) is 14.4 Å². The van der Waals surface area contributed by atoms with E-state index in [1.807, 2.05) is 6.92 Å². The number of ketones is 2. The van der Waals surface area contributed by atoms with Gasteiger partial charge in [0.2, 0.25) is 0 Å². The predicted octanol–water partition coefficient (Wildman–Crippen LogP) is 1.40. The molecule has 17 heavy (non-hydrogen) atoms. The summed E-state index contributed by atoms with van der Waals surface area (Å²) < 4.78 is 4.87. The molecule has 0 spiro atoms. The van der Waals surface area contributed by atoms with Crippen LogP contribution >= 0.6 is 0 Å². The minimum absolute atomic E-state index is 0.0519. The van der Waals surface area contributed by atoms with Gasteiger partial charge in [-0.15, -0.1) is 0 Å². The maximum absolute atomic E-state index is 11.7. The second kappa shape index (κ2) is 6.37. The van der Waals surface area contributed by atoms with Crippen molar-refractivity contribution in [2.24, 2.45) is 5.92 Å². The van der Waals surface area contributed by atoms with Crippen LogP contribution in [0.3, 0.4) is 0 Å². The Kier molecular flexibility index (Phi) is 5.12. The van der Waals surface area contributed by atoms with Crippen molar-refractivity contribution in [1.82, 2.24) is 4.90 Å². The molecular formula is C12H19NO4. The summed E-state index contributed by atoms with van der Waals surface area (Å²) in [5.41, 5.74) is 0. The van der Waals surface area contributed by atoms with E-state index < -0.39 is 12.0 Å². The molecule has 1 saturated heterocycles. The predicted molar refractivity (Wildman–Crippen MR) is 61.6 cm³/mol. The fourth-order valence-corrected chi connectivity index (χ4v) is 1.92. The summed E-state index contributed by atoms with van der Waals surface area (Å²) in [5.74, 6) is -0.761. The molecule has 96 valence electrons. The zero-order chi connectivity index (χ0) is 12.8. The normalized spacial score (nSPS) is 20.2. The minimum Gasteiger partial charge on any atom is -0.450 e. The molecule has 1 unspecified atom stereocenters. The van der Waals surface area contributed by atoms with Crippen molar-refractivity contribution in [3.05, 3.63) is 0 Å². The monoisotopic (exact) mass is 241 g/mol. The Morgan fingerprint density at radius 3 is 2.71 bits per heavy atom. The van der Waals surface area contributed by atoms with Gasteiger partial charge in [0.1, 0.15) is 11.6 Å². The topological polar surface area (TPSA) is 63.7 Å². The molecule has 1 amide bonds. The van der Waals surface area contributed by atoms with Crippen molar-refractivity contribution in [1.29, 1.82) is 0 Å². The van der Waals surface area contributed by atoms with Gasteiger partial charge in [-0.2, -0.15) is 0 Å². The molecule has 0 aromatic heterocycles. The number of likely N-dealkylation sites (tertiary alicyclic amines) is 1. The highest BCUT2D eigenvalue weighted by Gasteiger charge is 2.34. The van der Waals surface area contributed by atoms with Gasteiger partial charge in [-0.1, -0.05) is 6.92 Å². The molecule has 5 heteroatoms. The zero-order valence-corrected chi connectivity index (χ0v) is 10.4. The molecule has 1 aliphatic heterocycles. The third-order valence-electron chi connectivity index (χ3n) is 2.83. The van der Waals surface area contributed by atoms with Crippen LogP contribution in [-0.2, 0) is 14.3 Å². The van der Waals surface area contributed by atoms with E-state index >= 15 is 0 Å². The fraction of sp³-hybridized carbons (Fsp3) is 0.750. The molecule has 5 nitrogen and oxygen atoms in total. The van der Waals surface area contributed by atoms with Crippen LogP contribution in [0.15, 0.2) is 0 Å². The minimum atomic E-state index is -0.645. The van der Waals surface area contributed by atoms with Gasteiger partial charge in [-0.25, -0.2) is 4.79 Å². The highest BCUT2D eigenvalue weighted by Crippen LogP contribution is 2.17. The van der Waals surface area contributed by atoms with Crippen molar-refractivity contribution in [2.45, 2.75) is 33.1 Å². The van der Waals surface area contributed by atoms with Gasteiger partial charge < -0.3 is 9.64 Å². The molecule has 0 saturated carbocycles. The Morgan fingerprint density at radius 1 is 1.41 bits per heavy atom. The summed E-state index contributed by atoms with van der Waals surface area (Å²) in [6.07, 6.45) is 0.933. The number of hydrogen-bond acceptors (Lipinski definition) is 4. The van der Waals surface area contributed by atoms with E-state index in [0.29, 0.717) is 19.6 Å². The molecule has 0 bridgehead atoms. The molecule has 0 aromatic rings. The lowest BCUT2D eigenvalue weighted by Crippen LogP contribution is -2.47. The van der Waals surface area contributed by atoms with Gasteiger partial charge in [-0.05, 0) is 13.3 Å². The molecular weight excluding hydrogens is 222 g/mol. The molecule has 0 aromatic carbocycles. The van der Waals surface area contributed by atoms with Crippen LogP contribution in [0.1, 0.15) is 33.1 Å². The lowest BCUT2D eigenvalue weighted by molar-refractivity contribution is -0.135. The summed E-state index contributed by atoms with van der Waals surface area (Å²) in [6, 6.07) is 0. The van der Waals surface area contributed by atoms with Crippen molar-refractivity contribution in [3.63, 3.8) is 0 Å². The Bertz CT molecular complexity index is 314. The van der Waals surface area contributed by atoms with Crippen molar-refractivity contribution < 1.29 is 19.1 Å². The number of Topliss-reactive ketones (excluding diaryl/α,β-unsaturated/α-hetero) is 2. The average molecular weight is 241 g/mol. The molecule has 0 N–H and O–H groups in total. The largest absolute Gasteiger partial charge is 0.450 e. The standard InChI is InChI=1S/C12H19NO4/c1-3-5-10(14)9-8-13(7-6-11(9)15)12(16)17-4-2/h9H,3-8H2,1-2H3. The van der Waals surface area contributed by atoms with Crippen molar-refractivity contribution in [3.8, 4) is 0 Å². The summed E-state index contributed by atoms with van der Waals surface area (Å²) in [6.45, 7) is 4.46. The number of rotatable bonds is 4. The van der Waals surface area contributed by atoms with Gasteiger partial charge in [0, 0.05) is 25.9 Å². The second-order valence-electron chi connectivity index (χ2n) is 4.13. The first-order chi connectivity index (χ1) is 8.10. The van der Waals surface area contributed by atoms with E-state index in [4.69, 9.17) is 4.74 Å². The van der Waals surface area contributed by atoms with Gasteiger partial charge in [0.15, 0.2) is 0 Å². The van der Waals surface area contributed by atoms with Crippen molar-refractivity contribution >= 4 is 17.7 Å². The number of amides is 1. The Balaban J connectivity index is 2.62. The van der Waals surface area contributed by atoms with E-state index in [1.54, 1.807) is 6.92 Å². The Morgan fingerprint density at radius 2 is 2.12 bits per heavy atom. The number of carbonyl (C=O) groups is 3. The molecule has 0 aliphatic carbocycles. The van der Waals surface area contributed by atoms with E-state index in [2.05, 4.69) is 0 Å². The molecule has 1 atom stereocenters. The lowest BCUT2D eigenvalue weighted by atomic mass is 9.90. The number of hydrogen-bond donors (Lipinski definition) is 0. The van der Waals surface area contributed by atoms with Crippen LogP contribution in [0.25, 0.3) is 0 Å². The summed E-state index contributed by atoms with van der Waals surface area (Å²) in [5, 5.41) is 0. The SMILES string of the molecule is CCCC(=O)C1CN(C(=O)OCC)CCC1=O. The molecule has 1 heterocycles. The maximum atomic E-state index is 11.7. The van der Waals surface area contributed by atoms with Crippen LogP contribution in [0, 0.1) is 5.92 Å². The quantitative estimate of drug-likeness (QED) is 0.698. The molecule has 0 radical (unpaired) electrons. The highest BCUT2D eigenvalue weighted by molar-refractivity contribution is 6.03. The third kappa shape index (κ3) is 3.54. The van der Waals surface area contributed by atoms with E-state index in [0.717, 1.165) is 6.42 Å². The van der Waals surface area contributed by atoms with Gasteiger partial charge in [0.05, 0.1) is 12.5 Å². The molecule has 1 fully saturated rings. The van der Waals surface area contributed by atoms with Gasteiger partial charge in [0.25, 0.3) is 0 Å². The van der Waals surface area contributed by atoms with Crippen LogP contribution in [0.5, 0.6) is 0 Å². The smallest absolute Gasteiger partial charge is 0.409 e. The van der Waals surface area contributed by atoms with E-state index in [1.165, 1.54) is 4.90 Å². The van der Waals surface area contributed by atoms with Crippen LogP contribution in [0.2, 0.25) is 0 Å². The van der Waals surface area contributed by atoms with Gasteiger partial charge >= 0.3 is 6.09 Å². The molecule has 1 rings (SSSR count). The van der Waals surface area contributed by atoms with Gasteiger partial charge in [-0.3, -0.25) is 9.59 Å². The maximum Gasteiger partial charge on any atom is 0.409 e. The first kappa shape index (κ1) is 13.7. The zero-order valence-electron chi connectivity index (χ0n) is 10.4. The Labute approximate surface area is 101 Å². The van der Waals surface area contributed by atoms with Crippen LogP contribution in [0.4, 0.5) is 4.79 Å². The second-order valence-corrected chi connectivity index (χ2v) is 4.13. The van der Waals surface area contributed by atoms with Crippen LogP contribution in [-0.4, -0.2) is 42.3 Å². The third-order valence-corrected chi connectivity index (χ3v) is 2.83. The number of nitrogens with zero attached hydrogens (tertiary/aromatic N) is 1. The number of piperidine rings is 1. The number of ether oxygens (including phenoxy) is 1. The highest BCUT2D eigenvalue weighted by atomic mass is 16.6. The summed E-state index contributed by atoms with van der Waals surface area (Å²) in [4.78, 5) is 36.3. The average Bonchev–Trinajstić information content (AvgIpc) is 2.30. The molecule has 1 aliphatic rings. The first-order valence-electron chi connectivity index (χ1n) is 6.07. The van der Waals surface area contributed by atoms with E-state index in [-0.39, 0.29) is 24.5 Å².